The molecule has 1 saturated heterocycles. The third-order valence-corrected chi connectivity index (χ3v) is 4.53. The smallest absolute Gasteiger partial charge is 0.224 e. The summed E-state index contributed by atoms with van der Waals surface area (Å²) in [4.78, 5) is 18.5. The predicted octanol–water partition coefficient (Wildman–Crippen LogP) is 2.80. The van der Waals surface area contributed by atoms with Crippen LogP contribution in [-0.2, 0) is 11.2 Å². The van der Waals surface area contributed by atoms with E-state index in [0.717, 1.165) is 38.3 Å². The van der Waals surface area contributed by atoms with Crippen LogP contribution in [0, 0.1) is 0 Å². The van der Waals surface area contributed by atoms with Crippen LogP contribution in [0.4, 0.5) is 0 Å². The van der Waals surface area contributed by atoms with Gasteiger partial charge in [-0.1, -0.05) is 30.3 Å². The van der Waals surface area contributed by atoms with E-state index in [1.165, 1.54) is 12.0 Å². The topological polar surface area (TPSA) is 56.7 Å². The summed E-state index contributed by atoms with van der Waals surface area (Å²) in [7, 11) is 1.76. The number of nitrogens with one attached hydrogen (secondary N) is 2. The Morgan fingerprint density at radius 3 is 2.60 bits per heavy atom. The molecule has 1 aromatic rings. The molecule has 1 amide bonds. The van der Waals surface area contributed by atoms with Gasteiger partial charge in [-0.05, 0) is 38.2 Å². The molecule has 1 aliphatic rings. The van der Waals surface area contributed by atoms with Crippen molar-refractivity contribution in [3.05, 3.63) is 35.9 Å². The van der Waals surface area contributed by atoms with Crippen LogP contribution in [0.1, 0.15) is 38.2 Å². The van der Waals surface area contributed by atoms with Crippen molar-refractivity contribution in [1.29, 1.82) is 0 Å². The van der Waals surface area contributed by atoms with Crippen LogP contribution < -0.4 is 10.6 Å². The maximum Gasteiger partial charge on any atom is 0.224 e. The minimum Gasteiger partial charge on any atom is -0.356 e. The van der Waals surface area contributed by atoms with Crippen LogP contribution in [0.5, 0.6) is 0 Å². The Labute approximate surface area is 168 Å². The number of amides is 1. The molecule has 1 fully saturated rings. The van der Waals surface area contributed by atoms with Gasteiger partial charge in [0.2, 0.25) is 5.91 Å². The lowest BCUT2D eigenvalue weighted by Gasteiger charge is -2.33. The summed E-state index contributed by atoms with van der Waals surface area (Å²) in [5.74, 6) is 1.000. The first-order chi connectivity index (χ1) is 11.7. The van der Waals surface area contributed by atoms with E-state index in [4.69, 9.17) is 0 Å². The number of aliphatic imine (C=N–C) groups is 1. The highest BCUT2D eigenvalue weighted by atomic mass is 127. The first kappa shape index (κ1) is 21.7. The van der Waals surface area contributed by atoms with Crippen LogP contribution in [0.25, 0.3) is 0 Å². The Hall–Kier alpha value is -1.31. The Balaban J connectivity index is 0.00000312. The molecule has 2 rings (SSSR count). The van der Waals surface area contributed by atoms with Gasteiger partial charge in [0.15, 0.2) is 5.96 Å². The Morgan fingerprint density at radius 2 is 1.92 bits per heavy atom. The molecular formula is C19H31IN4O. The molecule has 1 aliphatic heterocycles. The number of carbonyl (C=O) groups excluding carboxylic acids is 1. The molecule has 0 aromatic heterocycles. The molecule has 1 atom stereocenters. The number of nitrogens with zero attached hydrogens (tertiary/aromatic N) is 2. The number of hydrogen-bond donors (Lipinski definition) is 2. The molecule has 0 saturated carbocycles. The fourth-order valence-electron chi connectivity index (χ4n) is 3.09. The second-order valence-electron chi connectivity index (χ2n) is 6.34. The highest BCUT2D eigenvalue weighted by molar-refractivity contribution is 14.0. The predicted molar refractivity (Wildman–Crippen MR) is 115 cm³/mol. The monoisotopic (exact) mass is 458 g/mol. The van der Waals surface area contributed by atoms with Gasteiger partial charge in [0.25, 0.3) is 0 Å². The van der Waals surface area contributed by atoms with E-state index < -0.39 is 0 Å². The molecule has 0 aliphatic carbocycles. The fraction of sp³-hybridized carbons (Fsp3) is 0.579. The van der Waals surface area contributed by atoms with Gasteiger partial charge in [0.05, 0.1) is 0 Å². The van der Waals surface area contributed by atoms with Crippen LogP contribution in [0.3, 0.4) is 0 Å². The Morgan fingerprint density at radius 1 is 1.20 bits per heavy atom. The summed E-state index contributed by atoms with van der Waals surface area (Å²) >= 11 is 0. The number of rotatable bonds is 6. The van der Waals surface area contributed by atoms with Gasteiger partial charge in [0.1, 0.15) is 0 Å². The normalized spacial score (nSPS) is 17.6. The highest BCUT2D eigenvalue weighted by Gasteiger charge is 2.22. The van der Waals surface area contributed by atoms with Crippen molar-refractivity contribution in [1.82, 2.24) is 15.5 Å². The molecule has 140 valence electrons. The zero-order chi connectivity index (χ0) is 17.2. The number of hydrogen-bond acceptors (Lipinski definition) is 2. The number of piperidine rings is 1. The maximum atomic E-state index is 12.3. The van der Waals surface area contributed by atoms with E-state index in [-0.39, 0.29) is 29.9 Å². The average molecular weight is 458 g/mol. The fourth-order valence-corrected chi connectivity index (χ4v) is 3.09. The van der Waals surface area contributed by atoms with Crippen molar-refractivity contribution in [2.75, 3.05) is 26.7 Å². The van der Waals surface area contributed by atoms with Crippen molar-refractivity contribution in [2.45, 2.75) is 45.1 Å². The van der Waals surface area contributed by atoms with Crippen molar-refractivity contribution in [3.63, 3.8) is 0 Å². The minimum absolute atomic E-state index is 0. The molecule has 1 aromatic carbocycles. The summed E-state index contributed by atoms with van der Waals surface area (Å²) in [5, 5.41) is 6.53. The number of halogens is 1. The number of carbonyl (C=O) groups is 1. The van der Waals surface area contributed by atoms with Crippen molar-refractivity contribution in [3.8, 4) is 0 Å². The molecule has 0 bridgehead atoms. The largest absolute Gasteiger partial charge is 0.356 e. The molecule has 0 radical (unpaired) electrons. The molecular weight excluding hydrogens is 427 g/mol. The quantitative estimate of drug-likeness (QED) is 0.392. The van der Waals surface area contributed by atoms with E-state index in [0.29, 0.717) is 19.0 Å². The first-order valence-corrected chi connectivity index (χ1v) is 8.98. The average Bonchev–Trinajstić information content (AvgIpc) is 2.61. The van der Waals surface area contributed by atoms with Gasteiger partial charge in [-0.15, -0.1) is 24.0 Å². The highest BCUT2D eigenvalue weighted by Crippen LogP contribution is 2.16. The van der Waals surface area contributed by atoms with Crippen molar-refractivity contribution >= 4 is 35.8 Å². The zero-order valence-electron chi connectivity index (χ0n) is 15.3. The van der Waals surface area contributed by atoms with Crippen LogP contribution in [0.15, 0.2) is 35.3 Å². The zero-order valence-corrected chi connectivity index (χ0v) is 17.7. The second-order valence-corrected chi connectivity index (χ2v) is 6.34. The molecule has 0 spiro atoms. The Kier molecular flexibility index (Phi) is 10.5. The van der Waals surface area contributed by atoms with Gasteiger partial charge < -0.3 is 15.5 Å². The van der Waals surface area contributed by atoms with Crippen LogP contribution >= 0.6 is 24.0 Å². The second kappa shape index (κ2) is 12.1. The van der Waals surface area contributed by atoms with E-state index in [1.54, 1.807) is 7.05 Å². The lowest BCUT2D eigenvalue weighted by molar-refractivity contribution is -0.134. The third-order valence-electron chi connectivity index (χ3n) is 4.53. The number of guanidine groups is 1. The first-order valence-electron chi connectivity index (χ1n) is 8.98. The van der Waals surface area contributed by atoms with E-state index in [2.05, 4.69) is 46.8 Å². The maximum absolute atomic E-state index is 12.3. The SMILES string of the molecule is CN=C(NCCC(=O)N1CCCCC1C)NCCc1ccccc1.I. The van der Waals surface area contributed by atoms with Gasteiger partial charge in [0, 0.05) is 39.1 Å². The van der Waals surface area contributed by atoms with Crippen LogP contribution in [-0.4, -0.2) is 49.5 Å². The molecule has 5 nitrogen and oxygen atoms in total. The van der Waals surface area contributed by atoms with E-state index in [9.17, 15) is 4.79 Å². The van der Waals surface area contributed by atoms with E-state index in [1.807, 2.05) is 11.0 Å². The third kappa shape index (κ3) is 7.63. The lowest BCUT2D eigenvalue weighted by atomic mass is 10.0. The molecule has 6 heteroatoms. The van der Waals surface area contributed by atoms with Gasteiger partial charge in [-0.3, -0.25) is 9.79 Å². The van der Waals surface area contributed by atoms with Crippen LogP contribution in [0.2, 0.25) is 0 Å². The summed E-state index contributed by atoms with van der Waals surface area (Å²) in [6, 6.07) is 10.8. The van der Waals surface area contributed by atoms with Crippen molar-refractivity contribution < 1.29 is 4.79 Å². The van der Waals surface area contributed by atoms with Crippen molar-refractivity contribution in [2.24, 2.45) is 4.99 Å². The standard InChI is InChI=1S/C19H30N4O.HI/c1-16-8-6-7-15-23(16)18(24)12-14-22-19(20-2)21-13-11-17-9-4-3-5-10-17;/h3-5,9-10,16H,6-8,11-15H2,1-2H3,(H2,20,21,22);1H. The van der Waals surface area contributed by atoms with Gasteiger partial charge in [-0.2, -0.15) is 0 Å². The van der Waals surface area contributed by atoms with E-state index >= 15 is 0 Å². The number of likely N-dealkylation sites (tertiary alicyclic amines) is 1. The Bertz CT molecular complexity index is 535. The molecule has 2 N–H and O–H groups in total. The molecule has 1 unspecified atom stereocenters. The summed E-state index contributed by atoms with van der Waals surface area (Å²) in [5.41, 5.74) is 1.30. The summed E-state index contributed by atoms with van der Waals surface area (Å²) < 4.78 is 0. The summed E-state index contributed by atoms with van der Waals surface area (Å²) in [6.45, 7) is 4.49. The molecule has 1 heterocycles. The van der Waals surface area contributed by atoms with Gasteiger partial charge >= 0.3 is 0 Å². The minimum atomic E-state index is 0. The lowest BCUT2D eigenvalue weighted by Crippen LogP contribution is -2.44. The van der Waals surface area contributed by atoms with Gasteiger partial charge in [-0.25, -0.2) is 0 Å². The summed E-state index contributed by atoms with van der Waals surface area (Å²) in [6.07, 6.45) is 4.96. The molecule has 25 heavy (non-hydrogen) atoms. The number of benzene rings is 1.